The van der Waals surface area contributed by atoms with Gasteiger partial charge in [0.15, 0.2) is 0 Å². The zero-order valence-electron chi connectivity index (χ0n) is 18.6. The Morgan fingerprint density at radius 1 is 1.12 bits per heavy atom. The van der Waals surface area contributed by atoms with Crippen LogP contribution in [0, 0.1) is 11.6 Å². The van der Waals surface area contributed by atoms with Crippen LogP contribution < -0.4 is 11.1 Å². The number of benzene rings is 1. The van der Waals surface area contributed by atoms with E-state index < -0.39 is 11.6 Å². The van der Waals surface area contributed by atoms with Crippen LogP contribution in [-0.4, -0.2) is 37.3 Å². The summed E-state index contributed by atoms with van der Waals surface area (Å²) in [5.41, 5.74) is 9.13. The number of nitrogens with zero attached hydrogens (tertiary/aromatic N) is 4. The molecular formula is C25H26F2N6O. The number of hydrogen-bond donors (Lipinski definition) is 3. The average Bonchev–Trinajstić information content (AvgIpc) is 3.21. The molecular weight excluding hydrogens is 438 g/mol. The van der Waals surface area contributed by atoms with Gasteiger partial charge in [-0.05, 0) is 73.1 Å². The highest BCUT2D eigenvalue weighted by molar-refractivity contribution is 5.66. The molecule has 3 aromatic heterocycles. The lowest BCUT2D eigenvalue weighted by Gasteiger charge is -2.28. The lowest BCUT2D eigenvalue weighted by Crippen LogP contribution is -2.27. The van der Waals surface area contributed by atoms with E-state index in [1.807, 2.05) is 6.07 Å². The summed E-state index contributed by atoms with van der Waals surface area (Å²) in [6, 6.07) is 7.91. The highest BCUT2D eigenvalue weighted by atomic mass is 19.1. The van der Waals surface area contributed by atoms with E-state index in [2.05, 4.69) is 20.4 Å². The molecule has 9 heteroatoms. The monoisotopic (exact) mass is 464 g/mol. The molecule has 1 aromatic carbocycles. The number of anilines is 2. The third-order valence-corrected chi connectivity index (χ3v) is 6.40. The molecule has 1 saturated carbocycles. The zero-order chi connectivity index (χ0) is 23.7. The van der Waals surface area contributed by atoms with Crippen molar-refractivity contribution in [2.75, 3.05) is 11.9 Å². The molecule has 5 rings (SSSR count). The summed E-state index contributed by atoms with van der Waals surface area (Å²) in [4.78, 5) is 8.69. The molecule has 4 aromatic rings. The van der Waals surface area contributed by atoms with Crippen LogP contribution in [0.1, 0.15) is 42.7 Å². The van der Waals surface area contributed by atoms with Crippen LogP contribution in [0.5, 0.6) is 0 Å². The van der Waals surface area contributed by atoms with E-state index in [-0.39, 0.29) is 30.3 Å². The van der Waals surface area contributed by atoms with Gasteiger partial charge in [0.05, 0.1) is 34.9 Å². The number of aliphatic hydroxyl groups excluding tert-OH is 1. The van der Waals surface area contributed by atoms with E-state index in [0.29, 0.717) is 22.9 Å². The zero-order valence-corrected chi connectivity index (χ0v) is 18.6. The van der Waals surface area contributed by atoms with Crippen LogP contribution in [0.2, 0.25) is 0 Å². The van der Waals surface area contributed by atoms with E-state index in [1.54, 1.807) is 30.7 Å². The molecule has 0 amide bonds. The fraction of sp³-hybridized carbons (Fsp3) is 0.320. The third-order valence-electron chi connectivity index (χ3n) is 6.40. The van der Waals surface area contributed by atoms with Gasteiger partial charge in [-0.3, -0.25) is 4.98 Å². The molecule has 0 saturated heterocycles. The number of halogens is 2. The number of rotatable bonds is 6. The Bertz CT molecular complexity index is 1300. The van der Waals surface area contributed by atoms with Gasteiger partial charge in [-0.2, -0.15) is 9.61 Å². The van der Waals surface area contributed by atoms with E-state index in [0.717, 1.165) is 36.9 Å². The largest absolute Gasteiger partial charge is 0.396 e. The predicted molar refractivity (Wildman–Crippen MR) is 126 cm³/mol. The van der Waals surface area contributed by atoms with Crippen molar-refractivity contribution >= 4 is 17.2 Å². The smallest absolute Gasteiger partial charge is 0.229 e. The molecule has 0 spiro atoms. The van der Waals surface area contributed by atoms with Crippen molar-refractivity contribution in [2.45, 2.75) is 44.1 Å². The predicted octanol–water partition coefficient (Wildman–Crippen LogP) is 4.33. The summed E-state index contributed by atoms with van der Waals surface area (Å²) in [5, 5.41) is 16.9. The van der Waals surface area contributed by atoms with Crippen molar-refractivity contribution in [3.8, 4) is 11.3 Å². The van der Waals surface area contributed by atoms with Gasteiger partial charge in [0.2, 0.25) is 5.95 Å². The fourth-order valence-corrected chi connectivity index (χ4v) is 4.74. The van der Waals surface area contributed by atoms with Crippen molar-refractivity contribution in [3.05, 3.63) is 71.7 Å². The minimum Gasteiger partial charge on any atom is -0.396 e. The van der Waals surface area contributed by atoms with Gasteiger partial charge >= 0.3 is 0 Å². The number of nitrogens with one attached hydrogen (secondary N) is 1. The minimum absolute atomic E-state index is 0.142. The molecule has 2 unspecified atom stereocenters. The maximum absolute atomic E-state index is 14.8. The summed E-state index contributed by atoms with van der Waals surface area (Å²) in [6.45, 7) is -0.185. The van der Waals surface area contributed by atoms with E-state index in [1.165, 1.54) is 16.6 Å². The van der Waals surface area contributed by atoms with Gasteiger partial charge in [-0.1, -0.05) is 6.42 Å². The fourth-order valence-electron chi connectivity index (χ4n) is 4.74. The van der Waals surface area contributed by atoms with Gasteiger partial charge < -0.3 is 16.2 Å². The maximum atomic E-state index is 14.8. The first-order valence-corrected chi connectivity index (χ1v) is 11.4. The lowest BCUT2D eigenvalue weighted by atomic mass is 9.81. The number of fused-ring (bicyclic) bond motifs is 1. The molecule has 2 atom stereocenters. The van der Waals surface area contributed by atoms with Gasteiger partial charge in [0, 0.05) is 18.8 Å². The van der Waals surface area contributed by atoms with Crippen molar-refractivity contribution in [2.24, 2.45) is 5.73 Å². The van der Waals surface area contributed by atoms with Gasteiger partial charge in [-0.25, -0.2) is 13.8 Å². The van der Waals surface area contributed by atoms with Crippen LogP contribution in [0.15, 0.2) is 48.9 Å². The maximum Gasteiger partial charge on any atom is 0.229 e. The highest BCUT2D eigenvalue weighted by Gasteiger charge is 2.23. The summed E-state index contributed by atoms with van der Waals surface area (Å²) in [5.74, 6) is -0.713. The standard InChI is InChI=1S/C25H26F2N6O/c26-20-10-15(7-9-34)11-21(27)24(20)22-5-4-18-13-30-25(33(18)32-22)31-23-14-29-8-6-19(23)16-2-1-3-17(28)12-16/h4-6,8,10-11,13-14,16-17,34H,1-3,7,9,12,28H2,(H,30,31). The first-order chi connectivity index (χ1) is 16.5. The molecule has 0 radical (unpaired) electrons. The summed E-state index contributed by atoms with van der Waals surface area (Å²) >= 11 is 0. The molecule has 1 aliphatic carbocycles. The van der Waals surface area contributed by atoms with Crippen LogP contribution in [0.25, 0.3) is 16.8 Å². The van der Waals surface area contributed by atoms with Gasteiger partial charge in [0.1, 0.15) is 11.6 Å². The lowest BCUT2D eigenvalue weighted by molar-refractivity contribution is 0.299. The van der Waals surface area contributed by atoms with E-state index in [4.69, 9.17) is 10.8 Å². The molecule has 7 nitrogen and oxygen atoms in total. The van der Waals surface area contributed by atoms with E-state index in [9.17, 15) is 8.78 Å². The van der Waals surface area contributed by atoms with E-state index >= 15 is 0 Å². The summed E-state index contributed by atoms with van der Waals surface area (Å²) in [6.07, 6.45) is 9.43. The Kier molecular flexibility index (Phi) is 6.21. The van der Waals surface area contributed by atoms with Crippen LogP contribution in [0.4, 0.5) is 20.4 Å². The van der Waals surface area contributed by atoms with Crippen molar-refractivity contribution in [3.63, 3.8) is 0 Å². The van der Waals surface area contributed by atoms with Crippen LogP contribution in [-0.2, 0) is 6.42 Å². The Labute approximate surface area is 195 Å². The summed E-state index contributed by atoms with van der Waals surface area (Å²) < 4.78 is 31.1. The molecule has 34 heavy (non-hydrogen) atoms. The van der Waals surface area contributed by atoms with Crippen LogP contribution in [0.3, 0.4) is 0 Å². The molecule has 3 heterocycles. The molecule has 0 aliphatic heterocycles. The number of imidazole rings is 1. The first kappa shape index (κ1) is 22.4. The topological polar surface area (TPSA) is 101 Å². The van der Waals surface area contributed by atoms with Crippen LogP contribution >= 0.6 is 0 Å². The van der Waals surface area contributed by atoms with Crippen molar-refractivity contribution < 1.29 is 13.9 Å². The number of pyridine rings is 1. The molecule has 1 fully saturated rings. The second-order valence-corrected chi connectivity index (χ2v) is 8.76. The Balaban J connectivity index is 1.50. The number of aliphatic hydroxyl groups is 1. The molecule has 1 aliphatic rings. The Morgan fingerprint density at radius 2 is 1.94 bits per heavy atom. The number of hydrogen-bond acceptors (Lipinski definition) is 6. The average molecular weight is 465 g/mol. The van der Waals surface area contributed by atoms with Crippen molar-refractivity contribution in [1.29, 1.82) is 0 Å². The third kappa shape index (κ3) is 4.36. The second kappa shape index (κ2) is 9.44. The minimum atomic E-state index is -0.729. The van der Waals surface area contributed by atoms with Gasteiger partial charge in [0.25, 0.3) is 0 Å². The Hall–Kier alpha value is -3.43. The second-order valence-electron chi connectivity index (χ2n) is 8.76. The molecule has 0 bridgehead atoms. The SMILES string of the molecule is NC1CCCC(c2ccncc2Nc2ncc3ccc(-c4c(F)cc(CCO)cc4F)nn23)C1. The first-order valence-electron chi connectivity index (χ1n) is 11.4. The quantitative estimate of drug-likeness (QED) is 0.393. The Morgan fingerprint density at radius 3 is 2.71 bits per heavy atom. The molecule has 4 N–H and O–H groups in total. The number of nitrogens with two attached hydrogens (primary N) is 1. The van der Waals surface area contributed by atoms with Gasteiger partial charge in [-0.15, -0.1) is 0 Å². The molecule has 176 valence electrons. The normalized spacial score (nSPS) is 18.4. The highest BCUT2D eigenvalue weighted by Crippen LogP contribution is 2.36. The number of aromatic nitrogens is 4. The summed E-state index contributed by atoms with van der Waals surface area (Å²) in [7, 11) is 0. The van der Waals surface area contributed by atoms with Crippen molar-refractivity contribution in [1.82, 2.24) is 19.6 Å².